The van der Waals surface area contributed by atoms with Crippen LogP contribution in [0, 0.1) is 5.92 Å². The standard InChI is InChI=1S/C21H34N2O4/c1-7-16(8-2)21(25)23(14-13-20(24)27-6)15-19(22(3)4)17-9-11-18(26-5)12-10-17/h9-12,16,19H,7-8,13-15H2,1-6H3. The van der Waals surface area contributed by atoms with Crippen LogP contribution in [0.15, 0.2) is 24.3 Å². The highest BCUT2D eigenvalue weighted by Gasteiger charge is 2.26. The second-order valence-corrected chi connectivity index (χ2v) is 6.88. The van der Waals surface area contributed by atoms with Crippen molar-refractivity contribution in [2.24, 2.45) is 5.92 Å². The number of rotatable bonds is 11. The van der Waals surface area contributed by atoms with E-state index in [9.17, 15) is 9.59 Å². The van der Waals surface area contributed by atoms with E-state index in [1.165, 1.54) is 7.11 Å². The first-order chi connectivity index (χ1) is 12.9. The number of methoxy groups -OCH3 is 2. The van der Waals surface area contributed by atoms with E-state index in [1.54, 1.807) is 7.11 Å². The Morgan fingerprint density at radius 1 is 1.04 bits per heavy atom. The van der Waals surface area contributed by atoms with Crippen LogP contribution in [0.3, 0.4) is 0 Å². The van der Waals surface area contributed by atoms with E-state index in [4.69, 9.17) is 9.47 Å². The minimum absolute atomic E-state index is 0.0202. The molecule has 0 heterocycles. The maximum Gasteiger partial charge on any atom is 0.307 e. The third kappa shape index (κ3) is 6.86. The fourth-order valence-electron chi connectivity index (χ4n) is 3.12. The molecule has 0 N–H and O–H groups in total. The molecule has 0 radical (unpaired) electrons. The number of likely N-dealkylation sites (N-methyl/N-ethyl adjacent to an activating group) is 1. The first-order valence-corrected chi connectivity index (χ1v) is 9.53. The first kappa shape index (κ1) is 23.0. The summed E-state index contributed by atoms with van der Waals surface area (Å²) >= 11 is 0. The van der Waals surface area contributed by atoms with Crippen molar-refractivity contribution in [2.75, 3.05) is 41.4 Å². The fraction of sp³-hybridized carbons (Fsp3) is 0.619. The topological polar surface area (TPSA) is 59.1 Å². The molecule has 0 bridgehead atoms. The van der Waals surface area contributed by atoms with Crippen molar-refractivity contribution in [2.45, 2.75) is 39.2 Å². The van der Waals surface area contributed by atoms with Gasteiger partial charge in [-0.05, 0) is 44.6 Å². The molecule has 1 amide bonds. The van der Waals surface area contributed by atoms with Gasteiger partial charge in [0, 0.05) is 19.0 Å². The highest BCUT2D eigenvalue weighted by molar-refractivity contribution is 5.79. The molecular formula is C21H34N2O4. The van der Waals surface area contributed by atoms with Gasteiger partial charge in [0.15, 0.2) is 0 Å². The maximum absolute atomic E-state index is 13.0. The highest BCUT2D eigenvalue weighted by Crippen LogP contribution is 2.24. The molecule has 1 rings (SSSR count). The van der Waals surface area contributed by atoms with Gasteiger partial charge in [-0.1, -0.05) is 26.0 Å². The first-order valence-electron chi connectivity index (χ1n) is 9.53. The van der Waals surface area contributed by atoms with Crippen LogP contribution in [-0.4, -0.2) is 63.1 Å². The summed E-state index contributed by atoms with van der Waals surface area (Å²) < 4.78 is 9.99. The van der Waals surface area contributed by atoms with E-state index >= 15 is 0 Å². The van der Waals surface area contributed by atoms with Crippen molar-refractivity contribution in [3.05, 3.63) is 29.8 Å². The molecule has 0 fully saturated rings. The number of benzene rings is 1. The Hall–Kier alpha value is -2.08. The lowest BCUT2D eigenvalue weighted by atomic mass is 9.99. The van der Waals surface area contributed by atoms with Crippen LogP contribution in [-0.2, 0) is 14.3 Å². The fourth-order valence-corrected chi connectivity index (χ4v) is 3.12. The molecule has 0 aromatic heterocycles. The summed E-state index contributed by atoms with van der Waals surface area (Å²) in [6.07, 6.45) is 1.78. The number of hydrogen-bond acceptors (Lipinski definition) is 5. The van der Waals surface area contributed by atoms with Crippen LogP contribution < -0.4 is 4.74 Å². The number of carbonyl (C=O) groups excluding carboxylic acids is 2. The van der Waals surface area contributed by atoms with Gasteiger partial charge in [-0.15, -0.1) is 0 Å². The molecule has 0 aliphatic heterocycles. The Bertz CT molecular complexity index is 582. The van der Waals surface area contributed by atoms with E-state index in [1.807, 2.05) is 57.1 Å². The lowest BCUT2D eigenvalue weighted by Gasteiger charge is -2.33. The van der Waals surface area contributed by atoms with Crippen LogP contribution >= 0.6 is 0 Å². The molecule has 6 nitrogen and oxygen atoms in total. The van der Waals surface area contributed by atoms with Crippen LogP contribution in [0.2, 0.25) is 0 Å². The van der Waals surface area contributed by atoms with Gasteiger partial charge < -0.3 is 19.3 Å². The lowest BCUT2D eigenvalue weighted by molar-refractivity contribution is -0.142. The Balaban J connectivity index is 3.05. The SMILES string of the molecule is CCC(CC)C(=O)N(CCC(=O)OC)CC(c1ccc(OC)cc1)N(C)C. The molecule has 0 aliphatic carbocycles. The summed E-state index contributed by atoms with van der Waals surface area (Å²) in [7, 11) is 7.00. The van der Waals surface area contributed by atoms with Crippen molar-refractivity contribution >= 4 is 11.9 Å². The van der Waals surface area contributed by atoms with E-state index in [-0.39, 0.29) is 30.3 Å². The Morgan fingerprint density at radius 3 is 2.07 bits per heavy atom. The molecule has 0 aliphatic rings. The smallest absolute Gasteiger partial charge is 0.307 e. The molecule has 0 saturated heterocycles. The number of nitrogens with zero attached hydrogens (tertiary/aromatic N) is 2. The minimum atomic E-state index is -0.303. The molecule has 1 aromatic carbocycles. The van der Waals surface area contributed by atoms with Gasteiger partial charge in [0.25, 0.3) is 0 Å². The zero-order valence-electron chi connectivity index (χ0n) is 17.5. The number of carbonyl (C=O) groups is 2. The third-order valence-corrected chi connectivity index (χ3v) is 4.98. The van der Waals surface area contributed by atoms with E-state index in [0.29, 0.717) is 13.1 Å². The summed E-state index contributed by atoms with van der Waals surface area (Å²) in [4.78, 5) is 28.6. The van der Waals surface area contributed by atoms with E-state index < -0.39 is 0 Å². The molecule has 1 atom stereocenters. The second-order valence-electron chi connectivity index (χ2n) is 6.88. The lowest BCUT2D eigenvalue weighted by Crippen LogP contribution is -2.42. The predicted molar refractivity (Wildman–Crippen MR) is 107 cm³/mol. The van der Waals surface area contributed by atoms with Gasteiger partial charge >= 0.3 is 5.97 Å². The number of ether oxygens (including phenoxy) is 2. The zero-order chi connectivity index (χ0) is 20.4. The van der Waals surface area contributed by atoms with Gasteiger partial charge in [-0.25, -0.2) is 0 Å². The quantitative estimate of drug-likeness (QED) is 0.554. The van der Waals surface area contributed by atoms with Gasteiger partial charge in [0.1, 0.15) is 5.75 Å². The summed E-state index contributed by atoms with van der Waals surface area (Å²) in [6.45, 7) is 4.93. The van der Waals surface area contributed by atoms with Crippen molar-refractivity contribution < 1.29 is 19.1 Å². The second kappa shape index (κ2) is 11.6. The molecule has 6 heteroatoms. The number of esters is 1. The average Bonchev–Trinajstić information content (AvgIpc) is 2.68. The summed E-state index contributed by atoms with van der Waals surface area (Å²) in [5, 5.41) is 0. The van der Waals surface area contributed by atoms with Crippen LogP contribution in [0.5, 0.6) is 5.75 Å². The summed E-state index contributed by atoms with van der Waals surface area (Å²) in [6, 6.07) is 7.90. The zero-order valence-corrected chi connectivity index (χ0v) is 17.5. The summed E-state index contributed by atoms with van der Waals surface area (Å²) in [5.41, 5.74) is 1.10. The molecule has 27 heavy (non-hydrogen) atoms. The van der Waals surface area contributed by atoms with E-state index in [0.717, 1.165) is 24.2 Å². The monoisotopic (exact) mass is 378 g/mol. The normalized spacial score (nSPS) is 12.1. The number of hydrogen-bond donors (Lipinski definition) is 0. The van der Waals surface area contributed by atoms with Gasteiger partial charge in [0.2, 0.25) is 5.91 Å². The predicted octanol–water partition coefficient (Wildman–Crippen LogP) is 3.13. The number of amides is 1. The van der Waals surface area contributed by atoms with Crippen molar-refractivity contribution in [3.8, 4) is 5.75 Å². The Labute approximate surface area is 163 Å². The molecule has 0 spiro atoms. The van der Waals surface area contributed by atoms with Gasteiger partial charge in [0.05, 0.1) is 26.7 Å². The van der Waals surface area contributed by atoms with Crippen LogP contribution in [0.1, 0.15) is 44.7 Å². The maximum atomic E-state index is 13.0. The summed E-state index contributed by atoms with van der Waals surface area (Å²) in [5.74, 6) is 0.570. The largest absolute Gasteiger partial charge is 0.497 e. The minimum Gasteiger partial charge on any atom is -0.497 e. The van der Waals surface area contributed by atoms with Crippen molar-refractivity contribution in [1.82, 2.24) is 9.80 Å². The van der Waals surface area contributed by atoms with Crippen molar-refractivity contribution in [1.29, 1.82) is 0 Å². The van der Waals surface area contributed by atoms with Crippen LogP contribution in [0.25, 0.3) is 0 Å². The Kier molecular flexibility index (Phi) is 9.86. The molecule has 152 valence electrons. The van der Waals surface area contributed by atoms with Crippen molar-refractivity contribution in [3.63, 3.8) is 0 Å². The molecular weight excluding hydrogens is 344 g/mol. The molecule has 1 aromatic rings. The average molecular weight is 379 g/mol. The molecule has 0 saturated carbocycles. The van der Waals surface area contributed by atoms with Crippen LogP contribution in [0.4, 0.5) is 0 Å². The third-order valence-electron chi connectivity index (χ3n) is 4.98. The van der Waals surface area contributed by atoms with Gasteiger partial charge in [-0.2, -0.15) is 0 Å². The van der Waals surface area contributed by atoms with E-state index in [2.05, 4.69) is 4.90 Å². The Morgan fingerprint density at radius 2 is 1.63 bits per heavy atom. The molecule has 1 unspecified atom stereocenters. The van der Waals surface area contributed by atoms with Gasteiger partial charge in [-0.3, -0.25) is 9.59 Å². The highest BCUT2D eigenvalue weighted by atomic mass is 16.5.